The molecule has 5 heteroatoms. The number of carbonyl (C=O) groups is 1. The van der Waals surface area contributed by atoms with Gasteiger partial charge in [0.25, 0.3) is 5.91 Å². The lowest BCUT2D eigenvalue weighted by molar-refractivity contribution is 0.0667. The topological polar surface area (TPSA) is 25.2 Å². The molecule has 0 saturated heterocycles. The molecule has 3 nitrogen and oxygen atoms in total. The molecular weight excluding hydrogens is 391 g/mol. The zero-order valence-corrected chi connectivity index (χ0v) is 17.6. The molecular formula is C23H24Cl2N2O. The van der Waals surface area contributed by atoms with E-state index in [1.807, 2.05) is 47.5 Å². The molecule has 0 aliphatic carbocycles. The normalized spacial score (nSPS) is 12.0. The first kappa shape index (κ1) is 20.5. The third kappa shape index (κ3) is 4.98. The molecule has 0 saturated carbocycles. The van der Waals surface area contributed by atoms with Gasteiger partial charge in [-0.15, -0.1) is 0 Å². The molecule has 0 spiro atoms. The van der Waals surface area contributed by atoms with Gasteiger partial charge in [0.05, 0.1) is 6.54 Å². The molecule has 0 aliphatic heterocycles. The first-order chi connectivity index (χ1) is 13.5. The maximum absolute atomic E-state index is 13.2. The Bertz CT molecular complexity index is 951. The Morgan fingerprint density at radius 1 is 1.04 bits per heavy atom. The molecule has 1 amide bonds. The maximum Gasteiger partial charge on any atom is 0.254 e. The standard InChI is InChI=1S/C23H24Cl2N2O/c1-3-17(2)27(23(28)19-8-5-10-21(25)14-19)16-22-11-6-12-26(22)15-18-7-4-9-20(24)13-18/h4-14,17H,3,15-16H2,1-2H3/t17-/m0/s1. The number of aromatic nitrogens is 1. The predicted molar refractivity (Wildman–Crippen MR) is 116 cm³/mol. The number of carbonyl (C=O) groups excluding carboxylic acids is 1. The van der Waals surface area contributed by atoms with Crippen molar-refractivity contribution >= 4 is 29.1 Å². The Kier molecular flexibility index (Phi) is 6.82. The highest BCUT2D eigenvalue weighted by Gasteiger charge is 2.22. The fraction of sp³-hybridized carbons (Fsp3) is 0.261. The third-order valence-electron chi connectivity index (χ3n) is 4.95. The quantitative estimate of drug-likeness (QED) is 0.446. The average Bonchev–Trinajstić information content (AvgIpc) is 3.11. The fourth-order valence-electron chi connectivity index (χ4n) is 3.19. The van der Waals surface area contributed by atoms with Gasteiger partial charge in [-0.25, -0.2) is 0 Å². The zero-order valence-electron chi connectivity index (χ0n) is 16.1. The van der Waals surface area contributed by atoms with E-state index in [4.69, 9.17) is 23.2 Å². The van der Waals surface area contributed by atoms with Gasteiger partial charge in [-0.2, -0.15) is 0 Å². The van der Waals surface area contributed by atoms with E-state index in [0.29, 0.717) is 23.7 Å². The summed E-state index contributed by atoms with van der Waals surface area (Å²) < 4.78 is 2.16. The van der Waals surface area contributed by atoms with Crippen molar-refractivity contribution in [3.05, 3.63) is 93.7 Å². The maximum atomic E-state index is 13.2. The van der Waals surface area contributed by atoms with Crippen LogP contribution < -0.4 is 0 Å². The van der Waals surface area contributed by atoms with Gasteiger partial charge in [0.15, 0.2) is 0 Å². The van der Waals surface area contributed by atoms with Gasteiger partial charge in [-0.1, -0.05) is 48.3 Å². The van der Waals surface area contributed by atoms with Crippen LogP contribution in [0.3, 0.4) is 0 Å². The monoisotopic (exact) mass is 414 g/mol. The lowest BCUT2D eigenvalue weighted by atomic mass is 10.1. The highest BCUT2D eigenvalue weighted by atomic mass is 35.5. The van der Waals surface area contributed by atoms with Gasteiger partial charge in [-0.05, 0) is 61.4 Å². The summed E-state index contributed by atoms with van der Waals surface area (Å²) in [5, 5.41) is 1.29. The number of amides is 1. The van der Waals surface area contributed by atoms with E-state index in [0.717, 1.165) is 22.7 Å². The Hall–Kier alpha value is -2.23. The zero-order chi connectivity index (χ0) is 20.1. The van der Waals surface area contributed by atoms with Gasteiger partial charge in [0, 0.05) is 40.1 Å². The highest BCUT2D eigenvalue weighted by Crippen LogP contribution is 2.19. The van der Waals surface area contributed by atoms with Crippen molar-refractivity contribution in [3.8, 4) is 0 Å². The highest BCUT2D eigenvalue weighted by molar-refractivity contribution is 6.31. The van der Waals surface area contributed by atoms with Gasteiger partial charge in [0.2, 0.25) is 0 Å². The van der Waals surface area contributed by atoms with Crippen molar-refractivity contribution in [2.45, 2.75) is 39.4 Å². The molecule has 1 atom stereocenters. The molecule has 0 N–H and O–H groups in total. The van der Waals surface area contributed by atoms with E-state index in [9.17, 15) is 4.79 Å². The molecule has 28 heavy (non-hydrogen) atoms. The van der Waals surface area contributed by atoms with Crippen LogP contribution in [0.1, 0.15) is 41.9 Å². The SMILES string of the molecule is CC[C@H](C)N(Cc1cccn1Cc1cccc(Cl)c1)C(=O)c1cccc(Cl)c1. The van der Waals surface area contributed by atoms with Crippen LogP contribution in [0.4, 0.5) is 0 Å². The first-order valence-electron chi connectivity index (χ1n) is 9.43. The van der Waals surface area contributed by atoms with E-state index in [2.05, 4.69) is 30.5 Å². The molecule has 1 aromatic heterocycles. The minimum Gasteiger partial charge on any atom is -0.345 e. The summed E-state index contributed by atoms with van der Waals surface area (Å²) in [5.74, 6) is -0.00708. The predicted octanol–water partition coefficient (Wildman–Crippen LogP) is 6.28. The number of rotatable bonds is 7. The van der Waals surface area contributed by atoms with Crippen LogP contribution in [0.5, 0.6) is 0 Å². The van der Waals surface area contributed by atoms with Crippen molar-refractivity contribution in [1.29, 1.82) is 0 Å². The second kappa shape index (κ2) is 9.31. The van der Waals surface area contributed by atoms with Crippen LogP contribution >= 0.6 is 23.2 Å². The van der Waals surface area contributed by atoms with E-state index in [1.165, 1.54) is 0 Å². The largest absolute Gasteiger partial charge is 0.345 e. The third-order valence-corrected chi connectivity index (χ3v) is 5.42. The van der Waals surface area contributed by atoms with Crippen LogP contribution in [0.15, 0.2) is 66.9 Å². The minimum atomic E-state index is -0.00708. The number of hydrogen-bond donors (Lipinski definition) is 0. The number of hydrogen-bond acceptors (Lipinski definition) is 1. The summed E-state index contributed by atoms with van der Waals surface area (Å²) in [4.78, 5) is 15.1. The lowest BCUT2D eigenvalue weighted by Crippen LogP contribution is -2.38. The van der Waals surface area contributed by atoms with Crippen molar-refractivity contribution < 1.29 is 4.79 Å². The molecule has 0 unspecified atom stereocenters. The number of halogens is 2. The molecule has 2 aromatic carbocycles. The van der Waals surface area contributed by atoms with E-state index >= 15 is 0 Å². The van der Waals surface area contributed by atoms with Gasteiger partial charge in [-0.3, -0.25) is 4.79 Å². The summed E-state index contributed by atoms with van der Waals surface area (Å²) in [6, 6.07) is 19.2. The summed E-state index contributed by atoms with van der Waals surface area (Å²) in [6.45, 7) is 5.41. The van der Waals surface area contributed by atoms with Crippen molar-refractivity contribution in [3.63, 3.8) is 0 Å². The Morgan fingerprint density at radius 3 is 2.43 bits per heavy atom. The molecule has 0 bridgehead atoms. The molecule has 3 rings (SSSR count). The van der Waals surface area contributed by atoms with Crippen LogP contribution in [0, 0.1) is 0 Å². The van der Waals surface area contributed by atoms with E-state index in [1.54, 1.807) is 12.1 Å². The Labute approximate surface area is 176 Å². The van der Waals surface area contributed by atoms with E-state index in [-0.39, 0.29) is 11.9 Å². The summed E-state index contributed by atoms with van der Waals surface area (Å²) in [6.07, 6.45) is 2.91. The number of nitrogens with zero attached hydrogens (tertiary/aromatic N) is 2. The Morgan fingerprint density at radius 2 is 1.75 bits per heavy atom. The molecule has 0 aliphatic rings. The van der Waals surface area contributed by atoms with Crippen molar-refractivity contribution in [2.75, 3.05) is 0 Å². The smallest absolute Gasteiger partial charge is 0.254 e. The molecule has 0 fully saturated rings. The average molecular weight is 415 g/mol. The minimum absolute atomic E-state index is 0.00708. The van der Waals surface area contributed by atoms with Gasteiger partial charge in [0.1, 0.15) is 0 Å². The van der Waals surface area contributed by atoms with Crippen molar-refractivity contribution in [2.24, 2.45) is 0 Å². The second-order valence-electron chi connectivity index (χ2n) is 6.96. The summed E-state index contributed by atoms with van der Waals surface area (Å²) in [7, 11) is 0. The van der Waals surface area contributed by atoms with Crippen LogP contribution in [0.2, 0.25) is 10.0 Å². The molecule has 0 radical (unpaired) electrons. The Balaban J connectivity index is 1.84. The molecule has 1 heterocycles. The molecule has 146 valence electrons. The fourth-order valence-corrected chi connectivity index (χ4v) is 3.59. The van der Waals surface area contributed by atoms with Crippen molar-refractivity contribution in [1.82, 2.24) is 9.47 Å². The summed E-state index contributed by atoms with van der Waals surface area (Å²) in [5.41, 5.74) is 2.82. The van der Waals surface area contributed by atoms with Gasteiger partial charge < -0.3 is 9.47 Å². The van der Waals surface area contributed by atoms with Crippen LogP contribution in [-0.2, 0) is 13.1 Å². The number of benzene rings is 2. The second-order valence-corrected chi connectivity index (χ2v) is 7.83. The van der Waals surface area contributed by atoms with E-state index < -0.39 is 0 Å². The first-order valence-corrected chi connectivity index (χ1v) is 10.2. The van der Waals surface area contributed by atoms with Crippen LogP contribution in [0.25, 0.3) is 0 Å². The summed E-state index contributed by atoms with van der Waals surface area (Å²) >= 11 is 12.2. The lowest BCUT2D eigenvalue weighted by Gasteiger charge is -2.29. The van der Waals surface area contributed by atoms with Crippen LogP contribution in [-0.4, -0.2) is 21.4 Å². The van der Waals surface area contributed by atoms with Gasteiger partial charge >= 0.3 is 0 Å². The molecule has 3 aromatic rings.